The van der Waals surface area contributed by atoms with Crippen molar-refractivity contribution in [1.29, 1.82) is 0 Å². The summed E-state index contributed by atoms with van der Waals surface area (Å²) in [6.45, 7) is 5.11. The van der Waals surface area contributed by atoms with Crippen molar-refractivity contribution in [1.82, 2.24) is 10.2 Å². The summed E-state index contributed by atoms with van der Waals surface area (Å²) in [5, 5.41) is 9.70. The van der Waals surface area contributed by atoms with Crippen LogP contribution in [0.5, 0.6) is 0 Å². The van der Waals surface area contributed by atoms with Crippen LogP contribution in [-0.2, 0) is 4.79 Å². The topological polar surface area (TPSA) is 78.1 Å². The Morgan fingerprint density at radius 1 is 1.24 bits per heavy atom. The summed E-state index contributed by atoms with van der Waals surface area (Å²) >= 11 is 0. The molecule has 0 unspecified atom stereocenters. The molecule has 0 radical (unpaired) electrons. The number of nitrogens with zero attached hydrogens (tertiary/aromatic N) is 2. The minimum Gasteiger partial charge on any atom is -0.319 e. The Morgan fingerprint density at radius 3 is 2.48 bits per heavy atom. The second kappa shape index (κ2) is 5.78. The molecule has 0 aliphatic rings. The lowest BCUT2D eigenvalue weighted by Gasteiger charge is -2.18. The number of aromatic amines is 1. The monoisotopic (exact) mass is 286 g/mol. The number of aromatic nitrogens is 2. The Labute approximate surface area is 123 Å². The van der Waals surface area contributed by atoms with Gasteiger partial charge in [0.05, 0.1) is 28.3 Å². The van der Waals surface area contributed by atoms with Gasteiger partial charge in [0, 0.05) is 14.0 Å². The van der Waals surface area contributed by atoms with Gasteiger partial charge in [-0.05, 0) is 26.0 Å². The van der Waals surface area contributed by atoms with Gasteiger partial charge in [0.1, 0.15) is 0 Å². The van der Waals surface area contributed by atoms with Gasteiger partial charge in [0.2, 0.25) is 5.91 Å². The molecule has 2 N–H and O–H groups in total. The molecule has 1 aromatic heterocycles. The average molecular weight is 286 g/mol. The minimum atomic E-state index is -0.272. The molecule has 1 heterocycles. The summed E-state index contributed by atoms with van der Waals surface area (Å²) in [6.07, 6.45) is 0. The zero-order valence-electron chi connectivity index (χ0n) is 12.5. The van der Waals surface area contributed by atoms with E-state index in [0.717, 1.165) is 11.4 Å². The number of hydrogen-bond acceptors (Lipinski definition) is 3. The van der Waals surface area contributed by atoms with E-state index in [9.17, 15) is 9.59 Å². The second-order valence-corrected chi connectivity index (χ2v) is 4.86. The number of para-hydroxylation sites is 1. The highest BCUT2D eigenvalue weighted by Crippen LogP contribution is 2.22. The first-order valence-electron chi connectivity index (χ1n) is 6.58. The number of hydrogen-bond donors (Lipinski definition) is 2. The predicted molar refractivity (Wildman–Crippen MR) is 81.5 cm³/mol. The second-order valence-electron chi connectivity index (χ2n) is 4.86. The number of carbonyl (C=O) groups is 2. The SMILES string of the molecule is CC(=O)N(C)c1ccccc1C(=O)Nc1c(C)n[nH]c1C. The van der Waals surface area contributed by atoms with Gasteiger partial charge in [-0.2, -0.15) is 5.10 Å². The van der Waals surface area contributed by atoms with E-state index in [1.807, 2.05) is 13.8 Å². The van der Waals surface area contributed by atoms with Crippen LogP contribution in [0.25, 0.3) is 0 Å². The van der Waals surface area contributed by atoms with E-state index in [-0.39, 0.29) is 11.8 Å². The van der Waals surface area contributed by atoms with E-state index in [1.54, 1.807) is 31.3 Å². The molecule has 0 bridgehead atoms. The number of H-pyrrole nitrogens is 1. The molecule has 2 aromatic rings. The van der Waals surface area contributed by atoms with Gasteiger partial charge in [0.25, 0.3) is 5.91 Å². The third-order valence-electron chi connectivity index (χ3n) is 3.35. The van der Waals surface area contributed by atoms with E-state index in [1.165, 1.54) is 11.8 Å². The molecule has 0 spiro atoms. The summed E-state index contributed by atoms with van der Waals surface area (Å²) < 4.78 is 0. The van der Waals surface area contributed by atoms with Crippen LogP contribution in [-0.4, -0.2) is 29.1 Å². The van der Waals surface area contributed by atoms with Gasteiger partial charge in [-0.25, -0.2) is 0 Å². The lowest BCUT2D eigenvalue weighted by atomic mass is 10.1. The highest BCUT2D eigenvalue weighted by atomic mass is 16.2. The highest BCUT2D eigenvalue weighted by Gasteiger charge is 2.18. The molecule has 0 aliphatic heterocycles. The van der Waals surface area contributed by atoms with Crippen LogP contribution >= 0.6 is 0 Å². The third-order valence-corrected chi connectivity index (χ3v) is 3.35. The third kappa shape index (κ3) is 2.94. The molecule has 110 valence electrons. The molecule has 1 aromatic carbocycles. The number of carbonyl (C=O) groups excluding carboxylic acids is 2. The zero-order chi connectivity index (χ0) is 15.6. The van der Waals surface area contributed by atoms with Crippen molar-refractivity contribution >= 4 is 23.2 Å². The predicted octanol–water partition coefficient (Wildman–Crippen LogP) is 2.26. The van der Waals surface area contributed by atoms with Crippen molar-refractivity contribution in [3.8, 4) is 0 Å². The highest BCUT2D eigenvalue weighted by molar-refractivity contribution is 6.10. The van der Waals surface area contributed by atoms with Gasteiger partial charge in [-0.1, -0.05) is 12.1 Å². The summed E-state index contributed by atoms with van der Waals surface area (Å²) in [4.78, 5) is 25.4. The molecule has 6 heteroatoms. The van der Waals surface area contributed by atoms with Gasteiger partial charge < -0.3 is 10.2 Å². The standard InChI is InChI=1S/C15H18N4O2/c1-9-14(10(2)18-17-9)16-15(21)12-7-5-6-8-13(12)19(4)11(3)20/h5-8H,1-4H3,(H,16,21)(H,17,18). The van der Waals surface area contributed by atoms with Crippen LogP contribution in [0.2, 0.25) is 0 Å². The van der Waals surface area contributed by atoms with Crippen molar-refractivity contribution in [2.24, 2.45) is 0 Å². The molecule has 0 saturated heterocycles. The number of amides is 2. The molecule has 6 nitrogen and oxygen atoms in total. The molecule has 2 amide bonds. The van der Waals surface area contributed by atoms with Gasteiger partial charge in [-0.15, -0.1) is 0 Å². The summed E-state index contributed by atoms with van der Waals surface area (Å²) in [5.74, 6) is -0.405. The molecule has 0 saturated carbocycles. The van der Waals surface area contributed by atoms with Crippen LogP contribution in [0.4, 0.5) is 11.4 Å². The summed E-state index contributed by atoms with van der Waals surface area (Å²) in [5.41, 5.74) is 3.19. The van der Waals surface area contributed by atoms with Crippen molar-refractivity contribution in [3.63, 3.8) is 0 Å². The molecule has 21 heavy (non-hydrogen) atoms. The number of nitrogens with one attached hydrogen (secondary N) is 2. The van der Waals surface area contributed by atoms with Crippen LogP contribution in [0, 0.1) is 13.8 Å². The Balaban J connectivity index is 2.34. The Hall–Kier alpha value is -2.63. The first-order chi connectivity index (χ1) is 9.91. The first kappa shape index (κ1) is 14.8. The fourth-order valence-corrected chi connectivity index (χ4v) is 2.04. The van der Waals surface area contributed by atoms with Gasteiger partial charge in [0.15, 0.2) is 0 Å². The van der Waals surface area contributed by atoms with E-state index < -0.39 is 0 Å². The van der Waals surface area contributed by atoms with Gasteiger partial charge in [-0.3, -0.25) is 14.7 Å². The molecular formula is C15H18N4O2. The van der Waals surface area contributed by atoms with Crippen LogP contribution < -0.4 is 10.2 Å². The van der Waals surface area contributed by atoms with E-state index in [4.69, 9.17) is 0 Å². The largest absolute Gasteiger partial charge is 0.319 e. The van der Waals surface area contributed by atoms with Crippen molar-refractivity contribution in [2.75, 3.05) is 17.3 Å². The lowest BCUT2D eigenvalue weighted by Crippen LogP contribution is -2.26. The molecule has 0 aliphatic carbocycles. The Kier molecular flexibility index (Phi) is 4.07. The smallest absolute Gasteiger partial charge is 0.257 e. The van der Waals surface area contributed by atoms with Crippen LogP contribution in [0.3, 0.4) is 0 Å². The fraction of sp³-hybridized carbons (Fsp3) is 0.267. The number of anilines is 2. The van der Waals surface area contributed by atoms with Crippen molar-refractivity contribution in [2.45, 2.75) is 20.8 Å². The molecule has 2 rings (SSSR count). The molecular weight excluding hydrogens is 268 g/mol. The Morgan fingerprint density at radius 2 is 1.90 bits per heavy atom. The van der Waals surface area contributed by atoms with Crippen molar-refractivity contribution < 1.29 is 9.59 Å². The maximum Gasteiger partial charge on any atom is 0.257 e. The number of rotatable bonds is 3. The van der Waals surface area contributed by atoms with Crippen molar-refractivity contribution in [3.05, 3.63) is 41.2 Å². The van der Waals surface area contributed by atoms with E-state index >= 15 is 0 Å². The van der Waals surface area contributed by atoms with Crippen LogP contribution in [0.1, 0.15) is 28.7 Å². The normalized spacial score (nSPS) is 10.3. The van der Waals surface area contributed by atoms with Crippen LogP contribution in [0.15, 0.2) is 24.3 Å². The minimum absolute atomic E-state index is 0.133. The molecule has 0 fully saturated rings. The summed E-state index contributed by atoms with van der Waals surface area (Å²) in [6, 6.07) is 6.99. The number of aryl methyl sites for hydroxylation is 2. The van der Waals surface area contributed by atoms with E-state index in [0.29, 0.717) is 16.9 Å². The number of benzene rings is 1. The maximum absolute atomic E-state index is 12.5. The quantitative estimate of drug-likeness (QED) is 0.908. The first-order valence-corrected chi connectivity index (χ1v) is 6.58. The van der Waals surface area contributed by atoms with Gasteiger partial charge >= 0.3 is 0 Å². The maximum atomic E-state index is 12.5. The zero-order valence-corrected chi connectivity index (χ0v) is 12.5. The fourth-order valence-electron chi connectivity index (χ4n) is 2.04. The Bertz CT molecular complexity index is 671. The lowest BCUT2D eigenvalue weighted by molar-refractivity contribution is -0.116. The van der Waals surface area contributed by atoms with E-state index in [2.05, 4.69) is 15.5 Å². The molecule has 0 atom stereocenters. The summed E-state index contributed by atoms with van der Waals surface area (Å²) in [7, 11) is 1.64. The average Bonchev–Trinajstić information content (AvgIpc) is 2.78.